The van der Waals surface area contributed by atoms with Gasteiger partial charge in [-0.2, -0.15) is 5.10 Å². The first-order chi connectivity index (χ1) is 12.9. The molecule has 140 valence electrons. The van der Waals surface area contributed by atoms with E-state index in [1.165, 1.54) is 0 Å². The number of nitrogens with zero attached hydrogens (tertiary/aromatic N) is 4. The average molecular weight is 382 g/mol. The molecule has 0 aliphatic heterocycles. The van der Waals surface area contributed by atoms with Gasteiger partial charge in [0.25, 0.3) is 0 Å². The number of hydrogen-bond donors (Lipinski definition) is 0. The Kier molecular flexibility index (Phi) is 4.14. The summed E-state index contributed by atoms with van der Waals surface area (Å²) in [6.07, 6.45) is 4.53. The number of hydrogen-bond acceptors (Lipinski definition) is 5. The summed E-state index contributed by atoms with van der Waals surface area (Å²) in [4.78, 5) is 9.17. The van der Waals surface area contributed by atoms with Gasteiger partial charge in [0, 0.05) is 18.3 Å². The van der Waals surface area contributed by atoms with Crippen LogP contribution in [-0.2, 0) is 14.6 Å². The van der Waals surface area contributed by atoms with Crippen LogP contribution >= 0.6 is 0 Å². The zero-order valence-corrected chi connectivity index (χ0v) is 16.4. The predicted molar refractivity (Wildman–Crippen MR) is 103 cm³/mol. The van der Waals surface area contributed by atoms with Crippen LogP contribution in [0.5, 0.6) is 0 Å². The van der Waals surface area contributed by atoms with Gasteiger partial charge in [-0.1, -0.05) is 32.0 Å². The molecule has 1 fully saturated rings. The van der Waals surface area contributed by atoms with E-state index in [0.29, 0.717) is 29.4 Å². The second kappa shape index (κ2) is 6.27. The molecular weight excluding hydrogens is 360 g/mol. The Morgan fingerprint density at radius 3 is 2.41 bits per heavy atom. The molecule has 1 aliphatic rings. The molecule has 0 unspecified atom stereocenters. The molecule has 1 aliphatic carbocycles. The second-order valence-corrected chi connectivity index (χ2v) is 9.59. The molecule has 0 bridgehead atoms. The third-order valence-electron chi connectivity index (χ3n) is 5.04. The van der Waals surface area contributed by atoms with Gasteiger partial charge >= 0.3 is 0 Å². The highest BCUT2D eigenvalue weighted by Crippen LogP contribution is 2.55. The predicted octanol–water partition coefficient (Wildman–Crippen LogP) is 3.56. The van der Waals surface area contributed by atoms with Gasteiger partial charge in [-0.05, 0) is 43.5 Å². The van der Waals surface area contributed by atoms with Gasteiger partial charge in [0.05, 0.1) is 10.6 Å². The Bertz CT molecular complexity index is 1080. The number of aryl methyl sites for hydroxylation is 1. The maximum atomic E-state index is 13.5. The fourth-order valence-electron chi connectivity index (χ4n) is 3.29. The van der Waals surface area contributed by atoms with Gasteiger partial charge in [-0.25, -0.2) is 18.1 Å². The van der Waals surface area contributed by atoms with Crippen molar-refractivity contribution in [3.63, 3.8) is 0 Å². The Labute approximate surface area is 159 Å². The monoisotopic (exact) mass is 382 g/mol. The molecule has 0 atom stereocenters. The fourth-order valence-corrected chi connectivity index (χ4v) is 5.27. The van der Waals surface area contributed by atoms with Crippen molar-refractivity contribution >= 4 is 9.84 Å². The molecule has 2 heterocycles. The van der Waals surface area contributed by atoms with Crippen LogP contribution in [0.15, 0.2) is 53.7 Å². The molecule has 1 saturated carbocycles. The molecule has 0 N–H and O–H groups in total. The smallest absolute Gasteiger partial charge is 0.191 e. The van der Waals surface area contributed by atoms with Crippen molar-refractivity contribution in [1.29, 1.82) is 0 Å². The molecule has 3 aromatic rings. The number of sulfone groups is 1. The van der Waals surface area contributed by atoms with Crippen LogP contribution in [-0.4, -0.2) is 28.2 Å². The number of aromatic nitrogens is 4. The van der Waals surface area contributed by atoms with Crippen LogP contribution < -0.4 is 0 Å². The summed E-state index contributed by atoms with van der Waals surface area (Å²) in [6.45, 7) is 5.95. The fraction of sp³-hybridized carbons (Fsp3) is 0.350. The van der Waals surface area contributed by atoms with Crippen LogP contribution in [0, 0.1) is 6.92 Å². The third-order valence-corrected chi connectivity index (χ3v) is 7.55. The molecule has 2 aromatic heterocycles. The minimum Gasteiger partial charge on any atom is -0.264 e. The summed E-state index contributed by atoms with van der Waals surface area (Å²) in [5, 5.41) is 4.67. The lowest BCUT2D eigenvalue weighted by atomic mass is 10.2. The lowest BCUT2D eigenvalue weighted by Gasteiger charge is -2.17. The zero-order chi connectivity index (χ0) is 19.2. The van der Waals surface area contributed by atoms with Crippen molar-refractivity contribution in [3.8, 4) is 5.69 Å². The molecule has 7 heteroatoms. The van der Waals surface area contributed by atoms with Crippen LogP contribution in [0.3, 0.4) is 0 Å². The van der Waals surface area contributed by atoms with E-state index < -0.39 is 14.6 Å². The molecule has 0 amide bonds. The Hall–Kier alpha value is -2.54. The van der Waals surface area contributed by atoms with E-state index in [1.807, 2.05) is 32.9 Å². The van der Waals surface area contributed by atoms with Gasteiger partial charge in [-0.3, -0.25) is 4.98 Å². The first-order valence-corrected chi connectivity index (χ1v) is 10.5. The molecule has 1 aromatic carbocycles. The molecule has 0 radical (unpaired) electrons. The maximum Gasteiger partial charge on any atom is 0.191 e. The number of rotatable bonds is 5. The van der Waals surface area contributed by atoms with Crippen LogP contribution in [0.1, 0.15) is 49.8 Å². The summed E-state index contributed by atoms with van der Waals surface area (Å²) in [6, 6.07) is 10.5. The summed E-state index contributed by atoms with van der Waals surface area (Å²) >= 11 is 0. The van der Waals surface area contributed by atoms with Crippen LogP contribution in [0.2, 0.25) is 0 Å². The zero-order valence-electron chi connectivity index (χ0n) is 15.6. The molecule has 0 spiro atoms. The average Bonchev–Trinajstić information content (AvgIpc) is 3.36. The van der Waals surface area contributed by atoms with Crippen molar-refractivity contribution in [2.45, 2.75) is 49.2 Å². The standard InChI is InChI=1S/C20H22N4O2S/c1-14(2)18-22-19(24(23-18)17-9-12-21-13-15(17)3)20(10-11-20)27(25,26)16-7-5-4-6-8-16/h4-9,12-14H,10-11H2,1-3H3. The van der Waals surface area contributed by atoms with Crippen LogP contribution in [0.25, 0.3) is 5.69 Å². The summed E-state index contributed by atoms with van der Waals surface area (Å²) in [7, 11) is -3.58. The van der Waals surface area contributed by atoms with Crippen molar-refractivity contribution in [3.05, 3.63) is 66.0 Å². The number of benzene rings is 1. The van der Waals surface area contributed by atoms with Crippen molar-refractivity contribution in [2.75, 3.05) is 0 Å². The highest BCUT2D eigenvalue weighted by molar-refractivity contribution is 7.92. The summed E-state index contributed by atoms with van der Waals surface area (Å²) in [5.41, 5.74) is 1.74. The van der Waals surface area contributed by atoms with Crippen LogP contribution in [0.4, 0.5) is 0 Å². The van der Waals surface area contributed by atoms with E-state index in [1.54, 1.807) is 41.3 Å². The van der Waals surface area contributed by atoms with E-state index in [4.69, 9.17) is 4.98 Å². The number of pyridine rings is 1. The molecule has 0 saturated heterocycles. The van der Waals surface area contributed by atoms with Gasteiger partial charge in [0.1, 0.15) is 4.75 Å². The molecule has 4 rings (SSSR count). The summed E-state index contributed by atoms with van der Waals surface area (Å²) < 4.78 is 27.6. The van der Waals surface area contributed by atoms with Crippen molar-refractivity contribution in [2.24, 2.45) is 0 Å². The van der Waals surface area contributed by atoms with Gasteiger partial charge in [0.15, 0.2) is 21.5 Å². The van der Waals surface area contributed by atoms with Gasteiger partial charge < -0.3 is 0 Å². The Morgan fingerprint density at radius 2 is 1.81 bits per heavy atom. The quantitative estimate of drug-likeness (QED) is 0.674. The first-order valence-electron chi connectivity index (χ1n) is 9.05. The minimum absolute atomic E-state index is 0.0994. The summed E-state index contributed by atoms with van der Waals surface area (Å²) in [5.74, 6) is 1.25. The first kappa shape index (κ1) is 17.9. The topological polar surface area (TPSA) is 77.7 Å². The van der Waals surface area contributed by atoms with Gasteiger partial charge in [-0.15, -0.1) is 0 Å². The van der Waals surface area contributed by atoms with E-state index in [0.717, 1.165) is 11.3 Å². The maximum absolute atomic E-state index is 13.5. The van der Waals surface area contributed by atoms with E-state index in [-0.39, 0.29) is 5.92 Å². The van der Waals surface area contributed by atoms with E-state index in [2.05, 4.69) is 10.1 Å². The lowest BCUT2D eigenvalue weighted by Crippen LogP contribution is -2.25. The SMILES string of the molecule is Cc1cnccc1-n1nc(C(C)C)nc1C1(S(=O)(=O)c2ccccc2)CC1. The highest BCUT2D eigenvalue weighted by Gasteiger charge is 2.60. The van der Waals surface area contributed by atoms with E-state index in [9.17, 15) is 8.42 Å². The minimum atomic E-state index is -3.58. The third kappa shape index (κ3) is 2.77. The molecular formula is C20H22N4O2S. The Morgan fingerprint density at radius 1 is 1.11 bits per heavy atom. The van der Waals surface area contributed by atoms with Gasteiger partial charge in [0.2, 0.25) is 0 Å². The van der Waals surface area contributed by atoms with E-state index >= 15 is 0 Å². The van der Waals surface area contributed by atoms with Crippen molar-refractivity contribution in [1.82, 2.24) is 19.7 Å². The largest absolute Gasteiger partial charge is 0.264 e. The van der Waals surface area contributed by atoms with Crippen molar-refractivity contribution < 1.29 is 8.42 Å². The highest BCUT2D eigenvalue weighted by atomic mass is 32.2. The Balaban J connectivity index is 1.93. The molecule has 6 nitrogen and oxygen atoms in total. The normalized spacial score (nSPS) is 15.9. The molecule has 27 heavy (non-hydrogen) atoms. The lowest BCUT2D eigenvalue weighted by molar-refractivity contribution is 0.572. The second-order valence-electron chi connectivity index (χ2n) is 7.33.